The molecule has 2 rings (SSSR count). The van der Waals surface area contributed by atoms with Gasteiger partial charge in [-0.25, -0.2) is 13.8 Å². The maximum Gasteiger partial charge on any atom is 0.253 e. The molecule has 28 heavy (non-hydrogen) atoms. The van der Waals surface area contributed by atoms with Gasteiger partial charge in [0.2, 0.25) is 0 Å². The lowest BCUT2D eigenvalue weighted by Crippen LogP contribution is -2.38. The van der Waals surface area contributed by atoms with E-state index in [0.717, 1.165) is 11.6 Å². The van der Waals surface area contributed by atoms with Crippen LogP contribution in [0.3, 0.4) is 0 Å². The molecule has 0 heterocycles. The molecule has 150 valence electrons. The number of guanidine groups is 1. The molecule has 2 N–H and O–H groups in total. The van der Waals surface area contributed by atoms with Crippen LogP contribution in [0.5, 0.6) is 0 Å². The number of amides is 1. The van der Waals surface area contributed by atoms with Crippen molar-refractivity contribution < 1.29 is 13.6 Å². The normalized spacial score (nSPS) is 11.2. The van der Waals surface area contributed by atoms with Crippen LogP contribution in [0, 0.1) is 11.6 Å². The van der Waals surface area contributed by atoms with Gasteiger partial charge in [-0.1, -0.05) is 24.3 Å². The zero-order valence-corrected chi connectivity index (χ0v) is 16.4. The standard InChI is InChI=1S/C21H26F2N4O/c1-4-24-21(25-13-12-16-6-5-7-18(22)19(16)23)26-14-15-8-10-17(11-9-15)20(28)27(2)3/h5-11H,4,12-14H2,1-3H3,(H2,24,25,26). The number of nitrogens with zero attached hydrogens (tertiary/aromatic N) is 2. The summed E-state index contributed by atoms with van der Waals surface area (Å²) in [4.78, 5) is 17.9. The van der Waals surface area contributed by atoms with Crippen LogP contribution in [0.1, 0.15) is 28.4 Å². The number of benzene rings is 2. The third-order valence-electron chi connectivity index (χ3n) is 4.09. The van der Waals surface area contributed by atoms with Gasteiger partial charge in [-0.15, -0.1) is 0 Å². The smallest absolute Gasteiger partial charge is 0.253 e. The average molecular weight is 388 g/mol. The summed E-state index contributed by atoms with van der Waals surface area (Å²) in [7, 11) is 3.43. The van der Waals surface area contributed by atoms with Crippen LogP contribution in [0.25, 0.3) is 0 Å². The average Bonchev–Trinajstić information content (AvgIpc) is 2.69. The maximum atomic E-state index is 13.7. The molecule has 0 aromatic heterocycles. The van der Waals surface area contributed by atoms with E-state index < -0.39 is 11.6 Å². The van der Waals surface area contributed by atoms with Gasteiger partial charge in [-0.2, -0.15) is 0 Å². The van der Waals surface area contributed by atoms with Crippen molar-refractivity contribution in [3.63, 3.8) is 0 Å². The van der Waals surface area contributed by atoms with Crippen molar-refractivity contribution in [2.24, 2.45) is 4.99 Å². The number of carbonyl (C=O) groups is 1. The SMILES string of the molecule is CCNC(=NCc1ccc(C(=O)N(C)C)cc1)NCCc1cccc(F)c1F. The van der Waals surface area contributed by atoms with Crippen molar-refractivity contribution in [2.75, 3.05) is 27.2 Å². The van der Waals surface area contributed by atoms with Gasteiger partial charge in [0.05, 0.1) is 6.54 Å². The molecule has 0 atom stereocenters. The van der Waals surface area contributed by atoms with Crippen molar-refractivity contribution >= 4 is 11.9 Å². The number of carbonyl (C=O) groups excluding carboxylic acids is 1. The largest absolute Gasteiger partial charge is 0.357 e. The topological polar surface area (TPSA) is 56.7 Å². The third-order valence-corrected chi connectivity index (χ3v) is 4.09. The second-order valence-corrected chi connectivity index (χ2v) is 6.48. The Hall–Kier alpha value is -2.96. The first-order valence-corrected chi connectivity index (χ1v) is 9.18. The van der Waals surface area contributed by atoms with E-state index >= 15 is 0 Å². The summed E-state index contributed by atoms with van der Waals surface area (Å²) < 4.78 is 27.0. The maximum absolute atomic E-state index is 13.7. The third kappa shape index (κ3) is 6.04. The summed E-state index contributed by atoms with van der Waals surface area (Å²) in [5, 5.41) is 6.24. The Morgan fingerprint density at radius 2 is 1.79 bits per heavy atom. The van der Waals surface area contributed by atoms with Crippen molar-refractivity contribution in [1.29, 1.82) is 0 Å². The lowest BCUT2D eigenvalue weighted by Gasteiger charge is -2.12. The van der Waals surface area contributed by atoms with Gasteiger partial charge in [0.1, 0.15) is 0 Å². The van der Waals surface area contributed by atoms with Crippen molar-refractivity contribution in [1.82, 2.24) is 15.5 Å². The highest BCUT2D eigenvalue weighted by Gasteiger charge is 2.08. The van der Waals surface area contributed by atoms with Crippen LogP contribution in [-0.4, -0.2) is 44.0 Å². The number of rotatable bonds is 7. The van der Waals surface area contributed by atoms with Crippen molar-refractivity contribution in [3.05, 3.63) is 70.8 Å². The highest BCUT2D eigenvalue weighted by molar-refractivity contribution is 5.93. The molecular weight excluding hydrogens is 362 g/mol. The van der Waals surface area contributed by atoms with E-state index in [2.05, 4.69) is 15.6 Å². The van der Waals surface area contributed by atoms with Gasteiger partial charge < -0.3 is 15.5 Å². The molecule has 0 aliphatic rings. The first-order chi connectivity index (χ1) is 13.4. The number of hydrogen-bond acceptors (Lipinski definition) is 2. The van der Waals surface area contributed by atoms with Gasteiger partial charge in [0.25, 0.3) is 5.91 Å². The predicted molar refractivity (Wildman–Crippen MR) is 107 cm³/mol. The van der Waals surface area contributed by atoms with Gasteiger partial charge in [-0.05, 0) is 42.7 Å². The summed E-state index contributed by atoms with van der Waals surface area (Å²) in [6.07, 6.45) is 0.343. The van der Waals surface area contributed by atoms with E-state index in [1.165, 1.54) is 11.0 Å². The fourth-order valence-corrected chi connectivity index (χ4v) is 2.58. The molecule has 7 heteroatoms. The molecule has 0 unspecified atom stereocenters. The molecule has 0 aliphatic carbocycles. The Labute approximate surface area is 164 Å². The zero-order chi connectivity index (χ0) is 20.5. The van der Waals surface area contributed by atoms with E-state index in [0.29, 0.717) is 43.1 Å². The molecule has 0 bridgehead atoms. The molecule has 0 aliphatic heterocycles. The van der Waals surface area contributed by atoms with Gasteiger partial charge in [-0.3, -0.25) is 4.79 Å². The van der Waals surface area contributed by atoms with Crippen molar-refractivity contribution in [2.45, 2.75) is 19.9 Å². The predicted octanol–water partition coefficient (Wildman–Crippen LogP) is 2.96. The highest BCUT2D eigenvalue weighted by atomic mass is 19.2. The number of aliphatic imine (C=N–C) groups is 1. The van der Waals surface area contributed by atoms with E-state index in [4.69, 9.17) is 0 Å². The molecule has 2 aromatic carbocycles. The fourth-order valence-electron chi connectivity index (χ4n) is 2.58. The quantitative estimate of drug-likeness (QED) is 0.566. The number of halogens is 2. The first kappa shape index (κ1) is 21.3. The summed E-state index contributed by atoms with van der Waals surface area (Å²) in [6.45, 7) is 3.48. The molecule has 0 fully saturated rings. The van der Waals surface area contributed by atoms with E-state index in [-0.39, 0.29) is 5.91 Å². The Balaban J connectivity index is 1.94. The fraction of sp³-hybridized carbons (Fsp3) is 0.333. The molecular formula is C21H26F2N4O. The monoisotopic (exact) mass is 388 g/mol. The summed E-state index contributed by atoms with van der Waals surface area (Å²) in [6, 6.07) is 11.5. The number of nitrogens with one attached hydrogen (secondary N) is 2. The second-order valence-electron chi connectivity index (χ2n) is 6.48. The van der Waals surface area contributed by atoms with Gasteiger partial charge >= 0.3 is 0 Å². The van der Waals surface area contributed by atoms with Gasteiger partial charge in [0.15, 0.2) is 17.6 Å². The molecule has 0 spiro atoms. The minimum Gasteiger partial charge on any atom is -0.357 e. The zero-order valence-electron chi connectivity index (χ0n) is 16.4. The molecule has 1 amide bonds. The summed E-state index contributed by atoms with van der Waals surface area (Å²) in [5.74, 6) is -1.10. The highest BCUT2D eigenvalue weighted by Crippen LogP contribution is 2.11. The molecule has 0 radical (unpaired) electrons. The van der Waals surface area contributed by atoms with E-state index in [1.807, 2.05) is 19.1 Å². The Kier molecular flexibility index (Phi) is 7.92. The lowest BCUT2D eigenvalue weighted by molar-refractivity contribution is 0.0827. The minimum absolute atomic E-state index is 0.0466. The summed E-state index contributed by atoms with van der Waals surface area (Å²) >= 11 is 0. The number of hydrogen-bond donors (Lipinski definition) is 2. The molecule has 0 saturated heterocycles. The van der Waals surface area contributed by atoms with Gasteiger partial charge in [0, 0.05) is 32.7 Å². The van der Waals surface area contributed by atoms with Crippen LogP contribution < -0.4 is 10.6 Å². The lowest BCUT2D eigenvalue weighted by atomic mass is 10.1. The van der Waals surface area contributed by atoms with Crippen LogP contribution in [0.15, 0.2) is 47.5 Å². The minimum atomic E-state index is -0.839. The van der Waals surface area contributed by atoms with Crippen LogP contribution >= 0.6 is 0 Å². The summed E-state index contributed by atoms with van der Waals surface area (Å²) in [5.41, 5.74) is 1.91. The molecule has 0 saturated carbocycles. The Bertz CT molecular complexity index is 820. The Morgan fingerprint density at radius 1 is 1.07 bits per heavy atom. The second kappa shape index (κ2) is 10.4. The Morgan fingerprint density at radius 3 is 2.43 bits per heavy atom. The van der Waals surface area contributed by atoms with Crippen molar-refractivity contribution in [3.8, 4) is 0 Å². The molecule has 2 aromatic rings. The first-order valence-electron chi connectivity index (χ1n) is 9.18. The van der Waals surface area contributed by atoms with Crippen LogP contribution in [0.2, 0.25) is 0 Å². The molecule has 5 nitrogen and oxygen atoms in total. The van der Waals surface area contributed by atoms with E-state index in [9.17, 15) is 13.6 Å². The van der Waals surface area contributed by atoms with E-state index in [1.54, 1.807) is 32.3 Å². The van der Waals surface area contributed by atoms with Crippen LogP contribution in [0.4, 0.5) is 8.78 Å². The van der Waals surface area contributed by atoms with Crippen LogP contribution in [-0.2, 0) is 13.0 Å².